The molecule has 0 unspecified atom stereocenters. The summed E-state index contributed by atoms with van der Waals surface area (Å²) in [5, 5.41) is 14.2. The normalized spacial score (nSPS) is 10.6. The molecule has 0 aliphatic carbocycles. The highest BCUT2D eigenvalue weighted by molar-refractivity contribution is 6.30. The van der Waals surface area contributed by atoms with Gasteiger partial charge >= 0.3 is 0 Å². The largest absolute Gasteiger partial charge is 0.352 e. The van der Waals surface area contributed by atoms with Crippen molar-refractivity contribution >= 4 is 29.1 Å². The van der Waals surface area contributed by atoms with Crippen LogP contribution in [0.25, 0.3) is 5.69 Å². The summed E-state index contributed by atoms with van der Waals surface area (Å²) >= 11 is 6.03. The molecule has 1 heterocycles. The van der Waals surface area contributed by atoms with Gasteiger partial charge in [-0.05, 0) is 56.7 Å². The van der Waals surface area contributed by atoms with Crippen molar-refractivity contribution in [2.75, 3.05) is 11.9 Å². The van der Waals surface area contributed by atoms with Crippen molar-refractivity contribution in [2.45, 2.75) is 20.8 Å². The summed E-state index contributed by atoms with van der Waals surface area (Å²) in [5.41, 5.74) is 3.35. The van der Waals surface area contributed by atoms with Crippen LogP contribution in [0.3, 0.4) is 0 Å². The lowest BCUT2D eigenvalue weighted by atomic mass is 10.1. The average molecular weight is 398 g/mol. The third-order valence-electron chi connectivity index (χ3n) is 4.25. The Bertz CT molecular complexity index is 1040. The standard InChI is InChI=1S/C20H20ClN5O2/c1-4-22-19(27)14-9-8-12(2)17(10-14)23-20(28)18-13(3)26(25-24-18)16-7-5-6-15(21)11-16/h5-11H,4H2,1-3H3,(H,22,27)(H,23,28). The lowest BCUT2D eigenvalue weighted by molar-refractivity contribution is 0.0954. The number of rotatable bonds is 5. The summed E-state index contributed by atoms with van der Waals surface area (Å²) in [4.78, 5) is 24.8. The second-order valence-electron chi connectivity index (χ2n) is 6.26. The summed E-state index contributed by atoms with van der Waals surface area (Å²) < 4.78 is 1.55. The van der Waals surface area contributed by atoms with Crippen LogP contribution >= 0.6 is 11.6 Å². The van der Waals surface area contributed by atoms with Gasteiger partial charge < -0.3 is 10.6 Å². The van der Waals surface area contributed by atoms with Gasteiger partial charge in [0, 0.05) is 22.8 Å². The second-order valence-corrected chi connectivity index (χ2v) is 6.69. The molecule has 2 amide bonds. The summed E-state index contributed by atoms with van der Waals surface area (Å²) in [6.45, 7) is 5.99. The Balaban J connectivity index is 1.86. The number of carbonyl (C=O) groups is 2. The predicted octanol–water partition coefficient (Wildman–Crippen LogP) is 3.54. The number of hydrogen-bond acceptors (Lipinski definition) is 4. The van der Waals surface area contributed by atoms with Crippen LogP contribution in [0.15, 0.2) is 42.5 Å². The van der Waals surface area contributed by atoms with Gasteiger partial charge in [-0.1, -0.05) is 28.9 Å². The average Bonchev–Trinajstić information content (AvgIpc) is 3.05. The first-order valence-corrected chi connectivity index (χ1v) is 9.17. The van der Waals surface area contributed by atoms with E-state index in [4.69, 9.17) is 11.6 Å². The third kappa shape index (κ3) is 4.04. The van der Waals surface area contributed by atoms with Crippen molar-refractivity contribution < 1.29 is 9.59 Å². The van der Waals surface area contributed by atoms with Gasteiger partial charge in [0.15, 0.2) is 5.69 Å². The molecule has 0 saturated heterocycles. The molecule has 2 aromatic carbocycles. The van der Waals surface area contributed by atoms with Crippen LogP contribution in [0.2, 0.25) is 5.02 Å². The van der Waals surface area contributed by atoms with Crippen molar-refractivity contribution in [3.63, 3.8) is 0 Å². The molecule has 2 N–H and O–H groups in total. The molecule has 1 aromatic heterocycles. The van der Waals surface area contributed by atoms with Crippen LogP contribution in [-0.4, -0.2) is 33.4 Å². The highest BCUT2D eigenvalue weighted by atomic mass is 35.5. The van der Waals surface area contributed by atoms with E-state index in [1.807, 2.05) is 19.9 Å². The van der Waals surface area contributed by atoms with Crippen molar-refractivity contribution in [2.24, 2.45) is 0 Å². The Hall–Kier alpha value is -3.19. The quantitative estimate of drug-likeness (QED) is 0.689. The molecule has 28 heavy (non-hydrogen) atoms. The van der Waals surface area contributed by atoms with E-state index in [2.05, 4.69) is 20.9 Å². The monoisotopic (exact) mass is 397 g/mol. The Morgan fingerprint density at radius 3 is 2.61 bits per heavy atom. The van der Waals surface area contributed by atoms with E-state index in [9.17, 15) is 9.59 Å². The van der Waals surface area contributed by atoms with Gasteiger partial charge in [-0.2, -0.15) is 0 Å². The van der Waals surface area contributed by atoms with E-state index in [1.54, 1.807) is 48.0 Å². The van der Waals surface area contributed by atoms with Gasteiger partial charge in [0.2, 0.25) is 0 Å². The highest BCUT2D eigenvalue weighted by Crippen LogP contribution is 2.20. The van der Waals surface area contributed by atoms with Crippen LogP contribution in [0.4, 0.5) is 5.69 Å². The van der Waals surface area contributed by atoms with Crippen molar-refractivity contribution in [3.05, 3.63) is 70.0 Å². The maximum atomic E-state index is 12.8. The number of aryl methyl sites for hydroxylation is 1. The van der Waals surface area contributed by atoms with Gasteiger partial charge in [0.25, 0.3) is 11.8 Å². The zero-order valence-corrected chi connectivity index (χ0v) is 16.5. The van der Waals surface area contributed by atoms with Crippen LogP contribution in [0.5, 0.6) is 0 Å². The molecule has 0 radical (unpaired) electrons. The van der Waals surface area contributed by atoms with E-state index in [0.29, 0.717) is 34.2 Å². The van der Waals surface area contributed by atoms with Crippen molar-refractivity contribution in [3.8, 4) is 5.69 Å². The maximum Gasteiger partial charge on any atom is 0.278 e. The number of benzene rings is 2. The molecule has 0 atom stereocenters. The first-order chi connectivity index (χ1) is 13.4. The molecule has 8 heteroatoms. The predicted molar refractivity (Wildman–Crippen MR) is 108 cm³/mol. The SMILES string of the molecule is CCNC(=O)c1ccc(C)c(NC(=O)c2nnn(-c3cccc(Cl)c3)c2C)c1. The molecular formula is C20H20ClN5O2. The molecule has 7 nitrogen and oxygen atoms in total. The Morgan fingerprint density at radius 2 is 1.89 bits per heavy atom. The van der Waals surface area contributed by atoms with Crippen molar-refractivity contribution in [1.29, 1.82) is 0 Å². The molecule has 0 aliphatic heterocycles. The Kier molecular flexibility index (Phi) is 5.75. The molecule has 0 bridgehead atoms. The number of nitrogens with one attached hydrogen (secondary N) is 2. The minimum absolute atomic E-state index is 0.193. The second kappa shape index (κ2) is 8.22. The van der Waals surface area contributed by atoms with Gasteiger partial charge in [-0.15, -0.1) is 5.10 Å². The third-order valence-corrected chi connectivity index (χ3v) is 4.48. The zero-order chi connectivity index (χ0) is 20.3. The summed E-state index contributed by atoms with van der Waals surface area (Å²) in [6.07, 6.45) is 0. The van der Waals surface area contributed by atoms with E-state index in [1.165, 1.54) is 0 Å². The molecular weight excluding hydrogens is 378 g/mol. The number of anilines is 1. The maximum absolute atomic E-state index is 12.8. The number of carbonyl (C=O) groups excluding carboxylic acids is 2. The van der Waals surface area contributed by atoms with E-state index in [-0.39, 0.29) is 11.6 Å². The van der Waals surface area contributed by atoms with E-state index >= 15 is 0 Å². The number of halogens is 1. The number of aromatic nitrogens is 3. The van der Waals surface area contributed by atoms with Crippen LogP contribution in [0.1, 0.15) is 39.0 Å². The minimum atomic E-state index is -0.401. The first kappa shape index (κ1) is 19.6. The Morgan fingerprint density at radius 1 is 1.11 bits per heavy atom. The molecule has 0 spiro atoms. The molecule has 3 rings (SSSR count). The fourth-order valence-electron chi connectivity index (χ4n) is 2.73. The molecule has 0 fully saturated rings. The summed E-state index contributed by atoms with van der Waals surface area (Å²) in [7, 11) is 0. The van der Waals surface area contributed by atoms with Gasteiger partial charge in [-0.25, -0.2) is 4.68 Å². The number of nitrogens with zero attached hydrogens (tertiary/aromatic N) is 3. The fourth-order valence-corrected chi connectivity index (χ4v) is 2.92. The smallest absolute Gasteiger partial charge is 0.278 e. The van der Waals surface area contributed by atoms with E-state index in [0.717, 1.165) is 5.56 Å². The lowest BCUT2D eigenvalue weighted by Crippen LogP contribution is -2.23. The van der Waals surface area contributed by atoms with Crippen LogP contribution < -0.4 is 10.6 Å². The van der Waals surface area contributed by atoms with Crippen LogP contribution in [0, 0.1) is 13.8 Å². The minimum Gasteiger partial charge on any atom is -0.352 e. The van der Waals surface area contributed by atoms with E-state index < -0.39 is 5.91 Å². The first-order valence-electron chi connectivity index (χ1n) is 8.79. The fraction of sp³-hybridized carbons (Fsp3) is 0.200. The topological polar surface area (TPSA) is 88.9 Å². The van der Waals surface area contributed by atoms with Crippen molar-refractivity contribution in [1.82, 2.24) is 20.3 Å². The molecule has 0 aliphatic rings. The molecule has 144 valence electrons. The molecule has 3 aromatic rings. The van der Waals surface area contributed by atoms with Gasteiger partial charge in [0.1, 0.15) is 0 Å². The zero-order valence-electron chi connectivity index (χ0n) is 15.8. The number of hydrogen-bond donors (Lipinski definition) is 2. The number of amides is 2. The van der Waals surface area contributed by atoms with Gasteiger partial charge in [-0.3, -0.25) is 9.59 Å². The molecule has 0 saturated carbocycles. The highest BCUT2D eigenvalue weighted by Gasteiger charge is 2.19. The summed E-state index contributed by atoms with van der Waals surface area (Å²) in [5.74, 6) is -0.594. The summed E-state index contributed by atoms with van der Waals surface area (Å²) in [6, 6.07) is 12.3. The Labute approximate surface area is 167 Å². The van der Waals surface area contributed by atoms with Crippen LogP contribution in [-0.2, 0) is 0 Å². The lowest BCUT2D eigenvalue weighted by Gasteiger charge is -2.10. The van der Waals surface area contributed by atoms with Gasteiger partial charge in [0.05, 0.1) is 11.4 Å².